The molecule has 11 heavy (non-hydrogen) atoms. The number of nitrogens with zero attached hydrogens (tertiary/aromatic N) is 1. The predicted molar refractivity (Wildman–Crippen MR) is 38.2 cm³/mol. The van der Waals surface area contributed by atoms with Crippen LogP contribution in [-0.2, 0) is 6.42 Å². The Balaban J connectivity index is 3.20. The Morgan fingerprint density at radius 2 is 2.55 bits per heavy atom. The van der Waals surface area contributed by atoms with Gasteiger partial charge in [0.25, 0.3) is 5.56 Å². The van der Waals surface area contributed by atoms with Crippen LogP contribution in [0.1, 0.15) is 5.56 Å². The molecule has 0 amide bonds. The maximum absolute atomic E-state index is 10.9. The van der Waals surface area contributed by atoms with Crippen LogP contribution in [0.5, 0.6) is 5.88 Å². The highest BCUT2D eigenvalue weighted by molar-refractivity contribution is 5.21. The van der Waals surface area contributed by atoms with E-state index in [9.17, 15) is 9.90 Å². The quantitative estimate of drug-likeness (QED) is 0.583. The van der Waals surface area contributed by atoms with Gasteiger partial charge in [-0.05, 0) is 12.3 Å². The Hall–Kier alpha value is -1.58. The number of H-pyrrole nitrogens is 1. The predicted octanol–water partition coefficient (Wildman–Crippen LogP) is -0.428. The van der Waals surface area contributed by atoms with E-state index in [1.54, 1.807) is 0 Å². The van der Waals surface area contributed by atoms with E-state index in [1.165, 1.54) is 6.08 Å². The molecule has 0 aliphatic carbocycles. The van der Waals surface area contributed by atoms with Gasteiger partial charge in [0.1, 0.15) is 0 Å². The molecule has 0 saturated carbocycles. The molecule has 1 heterocycles. The third-order valence-corrected chi connectivity index (χ3v) is 1.26. The van der Waals surface area contributed by atoms with E-state index >= 15 is 0 Å². The third kappa shape index (κ3) is 1.46. The minimum atomic E-state index is -0.478. The third-order valence-electron chi connectivity index (χ3n) is 1.26. The molecule has 58 valence electrons. The maximum Gasteiger partial charge on any atom is 0.253 e. The summed E-state index contributed by atoms with van der Waals surface area (Å²) in [6, 6.07) is 0. The van der Waals surface area contributed by atoms with Crippen LogP contribution in [0.4, 0.5) is 0 Å². The number of aromatic nitrogens is 2. The van der Waals surface area contributed by atoms with Crippen LogP contribution in [-0.4, -0.2) is 9.97 Å². The van der Waals surface area contributed by atoms with Crippen molar-refractivity contribution in [1.29, 1.82) is 0 Å². The van der Waals surface area contributed by atoms with Crippen molar-refractivity contribution in [2.45, 2.75) is 6.42 Å². The minimum absolute atomic E-state index is 0.141. The summed E-state index contributed by atoms with van der Waals surface area (Å²) in [5.41, 5.74) is -0.243. The van der Waals surface area contributed by atoms with Crippen molar-refractivity contribution < 1.29 is 5.11 Å². The van der Waals surface area contributed by atoms with Crippen molar-refractivity contribution in [3.8, 4) is 5.88 Å². The molecule has 1 aromatic rings. The zero-order valence-electron chi connectivity index (χ0n) is 5.83. The summed E-state index contributed by atoms with van der Waals surface area (Å²) in [7, 11) is 0. The Labute approximate surface area is 63.2 Å². The molecule has 0 atom stereocenters. The van der Waals surface area contributed by atoms with Crippen molar-refractivity contribution >= 4 is 0 Å². The minimum Gasteiger partial charge on any atom is -0.858 e. The van der Waals surface area contributed by atoms with E-state index in [1.807, 2.05) is 0 Å². The maximum atomic E-state index is 10.9. The topological polar surface area (TPSA) is 68.8 Å². The van der Waals surface area contributed by atoms with E-state index in [2.05, 4.69) is 16.5 Å². The number of allylic oxidation sites excluding steroid dienone is 1. The van der Waals surface area contributed by atoms with Gasteiger partial charge in [-0.1, -0.05) is 6.08 Å². The SMILES string of the molecule is C=CCc1c([O-])nc[nH]c1=O. The fourth-order valence-corrected chi connectivity index (χ4v) is 0.736. The molecule has 1 rings (SSSR count). The summed E-state index contributed by atoms with van der Waals surface area (Å²) in [4.78, 5) is 16.6. The van der Waals surface area contributed by atoms with Crippen LogP contribution in [0.3, 0.4) is 0 Å². The highest BCUT2D eigenvalue weighted by Crippen LogP contribution is 2.02. The molecule has 0 radical (unpaired) electrons. The van der Waals surface area contributed by atoms with Gasteiger partial charge in [0.15, 0.2) is 0 Å². The van der Waals surface area contributed by atoms with Crippen LogP contribution in [0.15, 0.2) is 23.8 Å². The molecule has 1 N–H and O–H groups in total. The molecule has 0 saturated heterocycles. The normalized spacial score (nSPS) is 9.45. The second kappa shape index (κ2) is 3.01. The summed E-state index contributed by atoms with van der Waals surface area (Å²) in [6.07, 6.45) is 2.85. The number of rotatable bonds is 2. The van der Waals surface area contributed by atoms with Crippen LogP contribution < -0.4 is 10.7 Å². The van der Waals surface area contributed by atoms with Gasteiger partial charge in [0.2, 0.25) is 0 Å². The number of hydrogen-bond donors (Lipinski definition) is 1. The Bertz CT molecular complexity index is 316. The molecule has 4 nitrogen and oxygen atoms in total. The fourth-order valence-electron chi connectivity index (χ4n) is 0.736. The van der Waals surface area contributed by atoms with E-state index in [0.717, 1.165) is 6.33 Å². The van der Waals surface area contributed by atoms with Crippen LogP contribution >= 0.6 is 0 Å². The lowest BCUT2D eigenvalue weighted by molar-refractivity contribution is -0.276. The van der Waals surface area contributed by atoms with E-state index in [0.29, 0.717) is 0 Å². The second-order valence-electron chi connectivity index (χ2n) is 2.01. The zero-order chi connectivity index (χ0) is 8.27. The molecule has 0 spiro atoms. The van der Waals surface area contributed by atoms with Crippen molar-refractivity contribution in [3.05, 3.63) is 34.9 Å². The number of nitrogens with one attached hydrogen (secondary N) is 1. The van der Waals surface area contributed by atoms with E-state index < -0.39 is 5.88 Å². The van der Waals surface area contributed by atoms with Gasteiger partial charge < -0.3 is 10.1 Å². The summed E-state index contributed by atoms with van der Waals surface area (Å²) < 4.78 is 0. The first-order valence-electron chi connectivity index (χ1n) is 3.10. The number of aromatic amines is 1. The van der Waals surface area contributed by atoms with Crippen molar-refractivity contribution in [1.82, 2.24) is 9.97 Å². The van der Waals surface area contributed by atoms with Gasteiger partial charge in [0, 0.05) is 5.56 Å². The van der Waals surface area contributed by atoms with Gasteiger partial charge in [-0.2, -0.15) is 0 Å². The lowest BCUT2D eigenvalue weighted by Gasteiger charge is -2.06. The first-order valence-corrected chi connectivity index (χ1v) is 3.10. The van der Waals surface area contributed by atoms with Crippen LogP contribution in [0, 0.1) is 0 Å². The zero-order valence-corrected chi connectivity index (χ0v) is 5.83. The summed E-state index contributed by atoms with van der Waals surface area (Å²) in [6.45, 7) is 3.42. The average Bonchev–Trinajstić information content (AvgIpc) is 1.97. The van der Waals surface area contributed by atoms with Gasteiger partial charge in [-0.15, -0.1) is 6.58 Å². The summed E-state index contributed by atoms with van der Waals surface area (Å²) >= 11 is 0. The van der Waals surface area contributed by atoms with Crippen LogP contribution in [0.2, 0.25) is 0 Å². The smallest absolute Gasteiger partial charge is 0.253 e. The van der Waals surface area contributed by atoms with Crippen molar-refractivity contribution in [3.63, 3.8) is 0 Å². The first kappa shape index (κ1) is 7.53. The largest absolute Gasteiger partial charge is 0.858 e. The van der Waals surface area contributed by atoms with Crippen molar-refractivity contribution in [2.24, 2.45) is 0 Å². The molecule has 0 aliphatic heterocycles. The highest BCUT2D eigenvalue weighted by Gasteiger charge is 1.96. The van der Waals surface area contributed by atoms with E-state index in [4.69, 9.17) is 0 Å². The molecule has 0 bridgehead atoms. The molecular formula is C7H7N2O2-. The molecule has 0 aliphatic rings. The van der Waals surface area contributed by atoms with E-state index in [-0.39, 0.29) is 17.5 Å². The molecule has 0 fully saturated rings. The fraction of sp³-hybridized carbons (Fsp3) is 0.143. The molecule has 4 heteroatoms. The molecule has 0 aromatic carbocycles. The standard InChI is InChI=1S/C7H8N2O2/c1-2-3-5-6(10)8-4-9-7(5)11/h2,4H,1,3H2,(H2,8,9,10,11)/p-1. The molecule has 1 aromatic heterocycles. The Morgan fingerprint density at radius 1 is 1.82 bits per heavy atom. The van der Waals surface area contributed by atoms with Crippen LogP contribution in [0.25, 0.3) is 0 Å². The Kier molecular flexibility index (Phi) is 2.06. The molecule has 0 unspecified atom stereocenters. The highest BCUT2D eigenvalue weighted by atomic mass is 16.3. The Morgan fingerprint density at radius 3 is 3.09 bits per heavy atom. The first-order chi connectivity index (χ1) is 5.25. The monoisotopic (exact) mass is 151 g/mol. The average molecular weight is 151 g/mol. The van der Waals surface area contributed by atoms with Gasteiger partial charge in [-0.3, -0.25) is 9.78 Å². The molecular weight excluding hydrogens is 144 g/mol. The van der Waals surface area contributed by atoms with Gasteiger partial charge in [0.05, 0.1) is 6.33 Å². The summed E-state index contributed by atoms with van der Waals surface area (Å²) in [5, 5.41) is 10.9. The number of hydrogen-bond acceptors (Lipinski definition) is 3. The lowest BCUT2D eigenvalue weighted by atomic mass is 10.2. The van der Waals surface area contributed by atoms with Gasteiger partial charge in [-0.25, -0.2) is 0 Å². The van der Waals surface area contributed by atoms with Gasteiger partial charge >= 0.3 is 0 Å². The van der Waals surface area contributed by atoms with Crippen molar-refractivity contribution in [2.75, 3.05) is 0 Å². The lowest BCUT2D eigenvalue weighted by Crippen LogP contribution is -2.16. The summed E-state index contributed by atoms with van der Waals surface area (Å²) in [5.74, 6) is -0.478. The second-order valence-corrected chi connectivity index (χ2v) is 2.01.